The molecule has 0 saturated carbocycles. The van der Waals surface area contributed by atoms with Crippen LogP contribution in [0.25, 0.3) is 0 Å². The molecule has 2 aromatic rings. The van der Waals surface area contributed by atoms with E-state index in [9.17, 15) is 17.6 Å². The van der Waals surface area contributed by atoms with Crippen LogP contribution < -0.4 is 10.5 Å². The van der Waals surface area contributed by atoms with E-state index in [4.69, 9.17) is 5.14 Å². The number of nitrogens with two attached hydrogens (primary N) is 1. The van der Waals surface area contributed by atoms with Gasteiger partial charge in [-0.15, -0.1) is 5.10 Å². The van der Waals surface area contributed by atoms with Crippen molar-refractivity contribution in [2.75, 3.05) is 5.32 Å². The summed E-state index contributed by atoms with van der Waals surface area (Å²) in [5.41, 5.74) is -0.287. The van der Waals surface area contributed by atoms with Crippen molar-refractivity contribution in [3.05, 3.63) is 35.1 Å². The van der Waals surface area contributed by atoms with E-state index >= 15 is 0 Å². The minimum atomic E-state index is -3.97. The van der Waals surface area contributed by atoms with Gasteiger partial charge < -0.3 is 5.32 Å². The molecule has 1 aromatic carbocycles. The molecule has 10 heteroatoms. The summed E-state index contributed by atoms with van der Waals surface area (Å²) in [6.45, 7) is 0. The van der Waals surface area contributed by atoms with Crippen molar-refractivity contribution >= 4 is 33.2 Å². The summed E-state index contributed by atoms with van der Waals surface area (Å²) in [6, 6.07) is 2.85. The van der Waals surface area contributed by atoms with Gasteiger partial charge >= 0.3 is 0 Å². The van der Waals surface area contributed by atoms with Crippen LogP contribution in [0.15, 0.2) is 29.3 Å². The average molecular weight is 302 g/mol. The first kappa shape index (κ1) is 13.5. The Hall–Kier alpha value is -1.91. The van der Waals surface area contributed by atoms with Gasteiger partial charge in [-0.1, -0.05) is 4.49 Å². The van der Waals surface area contributed by atoms with Crippen LogP contribution in [0.1, 0.15) is 9.67 Å². The zero-order valence-electron chi connectivity index (χ0n) is 9.20. The molecular formula is C9H7FN4O3S2. The van der Waals surface area contributed by atoms with Gasteiger partial charge in [-0.2, -0.15) is 0 Å². The lowest BCUT2D eigenvalue weighted by atomic mass is 10.3. The van der Waals surface area contributed by atoms with Crippen molar-refractivity contribution in [1.82, 2.24) is 9.59 Å². The van der Waals surface area contributed by atoms with Crippen LogP contribution in [0.4, 0.5) is 10.1 Å². The fourth-order valence-corrected chi connectivity index (χ4v) is 2.18. The van der Waals surface area contributed by atoms with E-state index in [1.54, 1.807) is 0 Å². The lowest BCUT2D eigenvalue weighted by molar-refractivity contribution is 0.103. The fraction of sp³-hybridized carbons (Fsp3) is 0. The highest BCUT2D eigenvalue weighted by atomic mass is 32.2. The number of primary sulfonamides is 1. The summed E-state index contributed by atoms with van der Waals surface area (Å²) in [5.74, 6) is -1.42. The third kappa shape index (κ3) is 3.10. The number of nitrogens with zero attached hydrogens (tertiary/aromatic N) is 2. The van der Waals surface area contributed by atoms with Gasteiger partial charge in [0.15, 0.2) is 0 Å². The van der Waals surface area contributed by atoms with Gasteiger partial charge in [0.05, 0.1) is 16.8 Å². The summed E-state index contributed by atoms with van der Waals surface area (Å²) in [4.78, 5) is 11.5. The predicted octanol–water partition coefficient (Wildman–Crippen LogP) is 0.577. The average Bonchev–Trinajstić information content (AvgIpc) is 2.84. The minimum Gasteiger partial charge on any atom is -0.319 e. The maximum absolute atomic E-state index is 13.5. The number of rotatable bonds is 3. The van der Waals surface area contributed by atoms with E-state index in [0.29, 0.717) is 0 Å². The number of amides is 1. The van der Waals surface area contributed by atoms with Gasteiger partial charge in [0, 0.05) is 0 Å². The van der Waals surface area contributed by atoms with E-state index in [2.05, 4.69) is 14.9 Å². The first-order chi connectivity index (χ1) is 8.88. The molecule has 1 amide bonds. The van der Waals surface area contributed by atoms with E-state index in [0.717, 1.165) is 29.7 Å². The van der Waals surface area contributed by atoms with E-state index in [1.165, 1.54) is 6.20 Å². The second-order valence-corrected chi connectivity index (χ2v) is 5.77. The second kappa shape index (κ2) is 4.99. The van der Waals surface area contributed by atoms with Crippen LogP contribution in [-0.4, -0.2) is 23.9 Å². The van der Waals surface area contributed by atoms with Crippen LogP contribution in [-0.2, 0) is 10.0 Å². The molecule has 0 radical (unpaired) electrons. The summed E-state index contributed by atoms with van der Waals surface area (Å²) >= 11 is 0.827. The van der Waals surface area contributed by atoms with Crippen LogP contribution >= 0.6 is 11.5 Å². The van der Waals surface area contributed by atoms with Crippen LogP contribution in [0.5, 0.6) is 0 Å². The first-order valence-corrected chi connectivity index (χ1v) is 7.11. The molecule has 0 aliphatic rings. The monoisotopic (exact) mass is 302 g/mol. The van der Waals surface area contributed by atoms with Gasteiger partial charge in [0.2, 0.25) is 10.0 Å². The van der Waals surface area contributed by atoms with Crippen molar-refractivity contribution < 1.29 is 17.6 Å². The maximum Gasteiger partial charge on any atom is 0.269 e. The number of carbonyl (C=O) groups excluding carboxylic acids is 1. The van der Waals surface area contributed by atoms with Gasteiger partial charge in [-0.05, 0) is 29.7 Å². The van der Waals surface area contributed by atoms with Crippen molar-refractivity contribution in [3.8, 4) is 0 Å². The maximum atomic E-state index is 13.5. The number of hydrogen-bond acceptors (Lipinski definition) is 6. The number of halogens is 1. The number of aromatic nitrogens is 2. The molecule has 100 valence electrons. The minimum absolute atomic E-state index is 0.167. The molecule has 19 heavy (non-hydrogen) atoms. The Labute approximate surface area is 111 Å². The zero-order valence-corrected chi connectivity index (χ0v) is 10.8. The molecule has 1 heterocycles. The first-order valence-electron chi connectivity index (χ1n) is 4.79. The van der Waals surface area contributed by atoms with Crippen molar-refractivity contribution in [2.24, 2.45) is 5.14 Å². The van der Waals surface area contributed by atoms with Gasteiger partial charge in [-0.25, -0.2) is 17.9 Å². The molecule has 3 N–H and O–H groups in total. The molecule has 0 spiro atoms. The molecular weight excluding hydrogens is 295 g/mol. The Kier molecular flexibility index (Phi) is 3.55. The van der Waals surface area contributed by atoms with Crippen LogP contribution in [0, 0.1) is 5.82 Å². The van der Waals surface area contributed by atoms with Crippen molar-refractivity contribution in [2.45, 2.75) is 4.90 Å². The Bertz CT molecular complexity index is 715. The molecule has 0 bridgehead atoms. The topological polar surface area (TPSA) is 115 Å². The molecule has 0 aliphatic carbocycles. The third-order valence-corrected chi connectivity index (χ3v) is 3.67. The largest absolute Gasteiger partial charge is 0.319 e. The highest BCUT2D eigenvalue weighted by Gasteiger charge is 2.15. The Morgan fingerprint density at radius 3 is 2.74 bits per heavy atom. The van der Waals surface area contributed by atoms with E-state index in [-0.39, 0.29) is 15.5 Å². The van der Waals surface area contributed by atoms with Gasteiger partial charge in [-0.3, -0.25) is 4.79 Å². The molecule has 0 saturated heterocycles. The third-order valence-electron chi connectivity index (χ3n) is 2.10. The number of carbonyl (C=O) groups is 1. The normalized spacial score (nSPS) is 11.3. The van der Waals surface area contributed by atoms with E-state index < -0.39 is 21.7 Å². The van der Waals surface area contributed by atoms with Gasteiger partial charge in [0.25, 0.3) is 5.91 Å². The lowest BCUT2D eigenvalue weighted by Crippen LogP contribution is -2.15. The number of sulfonamides is 1. The van der Waals surface area contributed by atoms with Gasteiger partial charge in [0.1, 0.15) is 10.7 Å². The zero-order chi connectivity index (χ0) is 14.0. The van der Waals surface area contributed by atoms with Crippen LogP contribution in [0.3, 0.4) is 0 Å². The molecule has 0 atom stereocenters. The molecule has 7 nitrogen and oxygen atoms in total. The fourth-order valence-electron chi connectivity index (χ4n) is 1.23. The number of nitrogens with one attached hydrogen (secondary N) is 1. The summed E-state index contributed by atoms with van der Waals surface area (Å²) in [5, 5.41) is 10.6. The number of benzene rings is 1. The second-order valence-electron chi connectivity index (χ2n) is 3.42. The standard InChI is InChI=1S/C9H7FN4O3S2/c10-6-2-1-5(19(11,16)17)3-7(6)13-9(15)8-4-12-14-18-8/h1-4H,(H,13,15)(H2,11,16,17). The Morgan fingerprint density at radius 1 is 1.42 bits per heavy atom. The highest BCUT2D eigenvalue weighted by molar-refractivity contribution is 7.89. The molecule has 1 aromatic heterocycles. The molecule has 0 fully saturated rings. The molecule has 0 aliphatic heterocycles. The summed E-state index contributed by atoms with van der Waals surface area (Å²) in [7, 11) is -3.97. The molecule has 0 unspecified atom stereocenters. The Balaban J connectivity index is 2.32. The smallest absolute Gasteiger partial charge is 0.269 e. The molecule has 2 rings (SSSR count). The predicted molar refractivity (Wildman–Crippen MR) is 65.6 cm³/mol. The summed E-state index contributed by atoms with van der Waals surface area (Å²) in [6.07, 6.45) is 1.21. The van der Waals surface area contributed by atoms with Crippen molar-refractivity contribution in [3.63, 3.8) is 0 Å². The lowest BCUT2D eigenvalue weighted by Gasteiger charge is -2.06. The van der Waals surface area contributed by atoms with Crippen LogP contribution in [0.2, 0.25) is 0 Å². The summed E-state index contributed by atoms with van der Waals surface area (Å²) < 4.78 is 39.2. The van der Waals surface area contributed by atoms with E-state index in [1.807, 2.05) is 0 Å². The SMILES string of the molecule is NS(=O)(=O)c1ccc(F)c(NC(=O)c2cnns2)c1. The number of hydrogen-bond donors (Lipinski definition) is 2. The quantitative estimate of drug-likeness (QED) is 0.860. The highest BCUT2D eigenvalue weighted by Crippen LogP contribution is 2.19. The van der Waals surface area contributed by atoms with Crippen molar-refractivity contribution in [1.29, 1.82) is 0 Å². The Morgan fingerprint density at radius 2 is 2.16 bits per heavy atom. The number of anilines is 1.